The third kappa shape index (κ3) is 2.94. The number of carbonyl (C=O) groups is 1. The van der Waals surface area contributed by atoms with Gasteiger partial charge in [0, 0.05) is 32.0 Å². The van der Waals surface area contributed by atoms with E-state index in [1.807, 2.05) is 0 Å². The summed E-state index contributed by atoms with van der Waals surface area (Å²) in [7, 11) is 0. The fourth-order valence-electron chi connectivity index (χ4n) is 2.48. The van der Waals surface area contributed by atoms with Crippen LogP contribution in [-0.2, 0) is 4.79 Å². The zero-order valence-corrected chi connectivity index (χ0v) is 11.7. The average Bonchev–Trinajstić information content (AvgIpc) is 2.89. The van der Waals surface area contributed by atoms with E-state index < -0.39 is 11.6 Å². The van der Waals surface area contributed by atoms with Gasteiger partial charge in [-0.3, -0.25) is 9.69 Å². The van der Waals surface area contributed by atoms with Crippen LogP contribution < -0.4 is 0 Å². The molecule has 0 bridgehead atoms. The maximum atomic E-state index is 13.8. The van der Waals surface area contributed by atoms with E-state index in [0.717, 1.165) is 18.9 Å². The summed E-state index contributed by atoms with van der Waals surface area (Å²) in [6.45, 7) is 7.36. The standard InChI is InChI=1S/C13H21FN4O/c1-4-17-7-8-18(12(19)13(2,3)14)9-10(17)11-15-5-6-16-11/h5-6,10H,4,7-9H2,1-3H3,(H,15,16)/t10-/m0/s1. The fourth-order valence-corrected chi connectivity index (χ4v) is 2.48. The third-order valence-electron chi connectivity index (χ3n) is 3.53. The number of rotatable bonds is 3. The lowest BCUT2D eigenvalue weighted by Gasteiger charge is -2.41. The first-order chi connectivity index (χ1) is 8.93. The second-order valence-corrected chi connectivity index (χ2v) is 5.34. The van der Waals surface area contributed by atoms with E-state index in [2.05, 4.69) is 21.8 Å². The second kappa shape index (κ2) is 5.28. The first kappa shape index (κ1) is 14.0. The van der Waals surface area contributed by atoms with E-state index in [9.17, 15) is 9.18 Å². The molecule has 0 saturated carbocycles. The van der Waals surface area contributed by atoms with Crippen LogP contribution in [0.1, 0.15) is 32.6 Å². The lowest BCUT2D eigenvalue weighted by atomic mass is 10.1. The molecule has 5 nitrogen and oxygen atoms in total. The lowest BCUT2D eigenvalue weighted by Crippen LogP contribution is -2.54. The molecule has 1 atom stereocenters. The van der Waals surface area contributed by atoms with Crippen LogP contribution in [0.2, 0.25) is 0 Å². The Hall–Kier alpha value is -1.43. The van der Waals surface area contributed by atoms with E-state index in [1.165, 1.54) is 13.8 Å². The van der Waals surface area contributed by atoms with Gasteiger partial charge in [-0.1, -0.05) is 6.92 Å². The molecule has 1 aromatic rings. The molecule has 2 heterocycles. The molecule has 0 unspecified atom stereocenters. The summed E-state index contributed by atoms with van der Waals surface area (Å²) >= 11 is 0. The van der Waals surface area contributed by atoms with Crippen molar-refractivity contribution in [2.45, 2.75) is 32.5 Å². The van der Waals surface area contributed by atoms with Crippen LogP contribution in [0, 0.1) is 0 Å². The van der Waals surface area contributed by atoms with Crippen LogP contribution in [0.3, 0.4) is 0 Å². The fraction of sp³-hybridized carbons (Fsp3) is 0.692. The van der Waals surface area contributed by atoms with E-state index >= 15 is 0 Å². The lowest BCUT2D eigenvalue weighted by molar-refractivity contribution is -0.145. The topological polar surface area (TPSA) is 52.2 Å². The van der Waals surface area contributed by atoms with Gasteiger partial charge in [-0.05, 0) is 20.4 Å². The molecular weight excluding hydrogens is 247 g/mol. The predicted molar refractivity (Wildman–Crippen MR) is 70.3 cm³/mol. The first-order valence-corrected chi connectivity index (χ1v) is 6.65. The first-order valence-electron chi connectivity index (χ1n) is 6.65. The van der Waals surface area contributed by atoms with E-state index in [-0.39, 0.29) is 6.04 Å². The molecule has 2 rings (SSSR count). The number of hydrogen-bond acceptors (Lipinski definition) is 3. The highest BCUT2D eigenvalue weighted by Crippen LogP contribution is 2.24. The van der Waals surface area contributed by atoms with Gasteiger partial charge in [0.2, 0.25) is 0 Å². The molecule has 0 aliphatic carbocycles. The maximum absolute atomic E-state index is 13.8. The Morgan fingerprint density at radius 2 is 2.32 bits per heavy atom. The maximum Gasteiger partial charge on any atom is 0.259 e. The van der Waals surface area contributed by atoms with Crippen molar-refractivity contribution < 1.29 is 9.18 Å². The number of nitrogens with zero attached hydrogens (tertiary/aromatic N) is 3. The van der Waals surface area contributed by atoms with Gasteiger partial charge in [-0.25, -0.2) is 9.37 Å². The number of amides is 1. The number of piperazine rings is 1. The van der Waals surface area contributed by atoms with Crippen LogP contribution in [-0.4, -0.2) is 57.5 Å². The quantitative estimate of drug-likeness (QED) is 0.900. The monoisotopic (exact) mass is 268 g/mol. The van der Waals surface area contributed by atoms with E-state index in [4.69, 9.17) is 0 Å². The number of likely N-dealkylation sites (N-methyl/N-ethyl adjacent to an activating group) is 1. The molecule has 1 amide bonds. The number of hydrogen-bond donors (Lipinski definition) is 1. The Morgan fingerprint density at radius 3 is 2.84 bits per heavy atom. The molecule has 0 spiro atoms. The zero-order valence-electron chi connectivity index (χ0n) is 11.7. The molecule has 1 saturated heterocycles. The second-order valence-electron chi connectivity index (χ2n) is 5.34. The van der Waals surface area contributed by atoms with Gasteiger partial charge in [0.1, 0.15) is 5.82 Å². The molecule has 0 aromatic carbocycles. The Morgan fingerprint density at radius 1 is 1.58 bits per heavy atom. The summed E-state index contributed by atoms with van der Waals surface area (Å²) < 4.78 is 13.8. The summed E-state index contributed by atoms with van der Waals surface area (Å²) in [6.07, 6.45) is 3.46. The van der Waals surface area contributed by atoms with Crippen molar-refractivity contribution in [2.75, 3.05) is 26.2 Å². The number of aromatic nitrogens is 2. The highest BCUT2D eigenvalue weighted by molar-refractivity contribution is 5.84. The number of H-pyrrole nitrogens is 1. The Kier molecular flexibility index (Phi) is 3.89. The molecule has 0 radical (unpaired) electrons. The molecule has 1 N–H and O–H groups in total. The van der Waals surface area contributed by atoms with Gasteiger partial charge >= 0.3 is 0 Å². The smallest absolute Gasteiger partial charge is 0.259 e. The molecule has 6 heteroatoms. The van der Waals surface area contributed by atoms with Crippen molar-refractivity contribution >= 4 is 5.91 Å². The largest absolute Gasteiger partial charge is 0.347 e. The minimum absolute atomic E-state index is 0.0139. The highest BCUT2D eigenvalue weighted by Gasteiger charge is 2.37. The van der Waals surface area contributed by atoms with Crippen molar-refractivity contribution in [1.82, 2.24) is 19.8 Å². The van der Waals surface area contributed by atoms with Crippen molar-refractivity contribution in [3.8, 4) is 0 Å². The van der Waals surface area contributed by atoms with Gasteiger partial charge in [0.05, 0.1) is 6.04 Å². The number of halogens is 1. The van der Waals surface area contributed by atoms with Gasteiger partial charge in [-0.2, -0.15) is 0 Å². The van der Waals surface area contributed by atoms with Crippen molar-refractivity contribution in [2.24, 2.45) is 0 Å². The average molecular weight is 268 g/mol. The third-order valence-corrected chi connectivity index (χ3v) is 3.53. The SMILES string of the molecule is CCN1CCN(C(=O)C(C)(C)F)C[C@H]1c1ncc[nH]1. The van der Waals surface area contributed by atoms with Gasteiger partial charge in [0.25, 0.3) is 5.91 Å². The minimum atomic E-state index is -1.82. The molecule has 1 aliphatic rings. The zero-order chi connectivity index (χ0) is 14.0. The molecule has 1 aromatic heterocycles. The molecule has 1 aliphatic heterocycles. The van der Waals surface area contributed by atoms with Crippen LogP contribution in [0.25, 0.3) is 0 Å². The Bertz CT molecular complexity index is 426. The molecular formula is C13H21FN4O. The Labute approximate surface area is 112 Å². The summed E-state index contributed by atoms with van der Waals surface area (Å²) in [5.41, 5.74) is -1.82. The number of imidazole rings is 1. The Balaban J connectivity index is 2.15. The number of aromatic amines is 1. The van der Waals surface area contributed by atoms with Crippen molar-refractivity contribution in [3.63, 3.8) is 0 Å². The van der Waals surface area contributed by atoms with E-state index in [0.29, 0.717) is 13.1 Å². The van der Waals surface area contributed by atoms with Gasteiger partial charge < -0.3 is 9.88 Å². The minimum Gasteiger partial charge on any atom is -0.347 e. The van der Waals surface area contributed by atoms with Gasteiger partial charge in [-0.15, -0.1) is 0 Å². The van der Waals surface area contributed by atoms with Crippen molar-refractivity contribution in [1.29, 1.82) is 0 Å². The normalized spacial score (nSPS) is 21.7. The number of carbonyl (C=O) groups excluding carboxylic acids is 1. The summed E-state index contributed by atoms with van der Waals surface area (Å²) in [5, 5.41) is 0. The number of nitrogens with one attached hydrogen (secondary N) is 1. The van der Waals surface area contributed by atoms with Crippen LogP contribution >= 0.6 is 0 Å². The van der Waals surface area contributed by atoms with Crippen LogP contribution in [0.4, 0.5) is 4.39 Å². The molecule has 1 fully saturated rings. The van der Waals surface area contributed by atoms with Crippen LogP contribution in [0.5, 0.6) is 0 Å². The highest BCUT2D eigenvalue weighted by atomic mass is 19.1. The molecule has 19 heavy (non-hydrogen) atoms. The number of alkyl halides is 1. The predicted octanol–water partition coefficient (Wildman–Crippen LogP) is 1.36. The van der Waals surface area contributed by atoms with Crippen molar-refractivity contribution in [3.05, 3.63) is 18.2 Å². The molecule has 106 valence electrons. The summed E-state index contributed by atoms with van der Waals surface area (Å²) in [5.74, 6) is 0.385. The van der Waals surface area contributed by atoms with Crippen LogP contribution in [0.15, 0.2) is 12.4 Å². The van der Waals surface area contributed by atoms with Gasteiger partial charge in [0.15, 0.2) is 5.67 Å². The summed E-state index contributed by atoms with van der Waals surface area (Å²) in [6, 6.07) is 0.0139. The van der Waals surface area contributed by atoms with E-state index in [1.54, 1.807) is 17.3 Å². The summed E-state index contributed by atoms with van der Waals surface area (Å²) in [4.78, 5) is 23.2.